The zero-order valence-corrected chi connectivity index (χ0v) is 17.9. The standard InChI is InChI=1S/C20H24N6OS2/c1-14(26-18(23-24-20(26)28)17-6-4-12-29-17)19(27)22-15-7-10-25(11-8-15)13-16-5-2-3-9-21-16/h2-6,9,12,14-15H,7-8,10-11,13H2,1H3,(H,22,27)(H,24,28). The minimum absolute atomic E-state index is 0.0246. The number of piperidine rings is 1. The predicted octanol–water partition coefficient (Wildman–Crippen LogP) is 3.41. The summed E-state index contributed by atoms with van der Waals surface area (Å²) in [5.41, 5.74) is 1.08. The van der Waals surface area contributed by atoms with Crippen molar-refractivity contribution in [2.45, 2.75) is 38.4 Å². The lowest BCUT2D eigenvalue weighted by Gasteiger charge is -2.32. The van der Waals surface area contributed by atoms with E-state index >= 15 is 0 Å². The van der Waals surface area contributed by atoms with E-state index in [1.54, 1.807) is 15.9 Å². The van der Waals surface area contributed by atoms with Gasteiger partial charge in [0.05, 0.1) is 10.6 Å². The number of aromatic amines is 1. The third-order valence-electron chi connectivity index (χ3n) is 5.26. The molecule has 4 rings (SSSR count). The molecule has 1 fully saturated rings. The van der Waals surface area contributed by atoms with E-state index in [1.165, 1.54) is 0 Å². The average Bonchev–Trinajstić information content (AvgIpc) is 3.39. The summed E-state index contributed by atoms with van der Waals surface area (Å²) in [7, 11) is 0. The molecule has 0 radical (unpaired) electrons. The first-order valence-corrected chi connectivity index (χ1v) is 11.0. The Bertz CT molecular complexity index is 990. The van der Waals surface area contributed by atoms with Crippen LogP contribution in [0, 0.1) is 4.77 Å². The summed E-state index contributed by atoms with van der Waals surface area (Å²) in [5, 5.41) is 12.3. The molecule has 0 bridgehead atoms. The summed E-state index contributed by atoms with van der Waals surface area (Å²) >= 11 is 6.96. The Morgan fingerprint density at radius 2 is 2.17 bits per heavy atom. The van der Waals surface area contributed by atoms with Gasteiger partial charge < -0.3 is 5.32 Å². The Hall–Kier alpha value is -2.36. The quantitative estimate of drug-likeness (QED) is 0.588. The number of pyridine rings is 1. The Labute approximate surface area is 178 Å². The highest BCUT2D eigenvalue weighted by Gasteiger charge is 2.26. The van der Waals surface area contributed by atoms with E-state index in [9.17, 15) is 4.79 Å². The van der Waals surface area contributed by atoms with Crippen LogP contribution in [0.5, 0.6) is 0 Å². The van der Waals surface area contributed by atoms with Crippen LogP contribution in [0.3, 0.4) is 0 Å². The van der Waals surface area contributed by atoms with Crippen molar-refractivity contribution in [3.05, 3.63) is 52.4 Å². The highest BCUT2D eigenvalue weighted by molar-refractivity contribution is 7.71. The van der Waals surface area contributed by atoms with Crippen LogP contribution in [-0.2, 0) is 11.3 Å². The summed E-state index contributed by atoms with van der Waals surface area (Å²) in [6.45, 7) is 4.61. The van der Waals surface area contributed by atoms with Crippen molar-refractivity contribution in [1.82, 2.24) is 30.0 Å². The van der Waals surface area contributed by atoms with Gasteiger partial charge >= 0.3 is 0 Å². The second-order valence-corrected chi connectivity index (χ2v) is 8.59. The van der Waals surface area contributed by atoms with Crippen LogP contribution >= 0.6 is 23.6 Å². The van der Waals surface area contributed by atoms with Gasteiger partial charge in [-0.15, -0.1) is 11.3 Å². The SMILES string of the molecule is CC(C(=O)NC1CCN(Cc2ccccn2)CC1)n1c(-c2cccs2)n[nH]c1=S. The molecule has 0 spiro atoms. The van der Waals surface area contributed by atoms with Crippen LogP contribution in [0.4, 0.5) is 0 Å². The number of amides is 1. The predicted molar refractivity (Wildman–Crippen MR) is 116 cm³/mol. The van der Waals surface area contributed by atoms with Gasteiger partial charge in [-0.1, -0.05) is 12.1 Å². The largest absolute Gasteiger partial charge is 0.351 e. The van der Waals surface area contributed by atoms with Crippen molar-refractivity contribution in [2.75, 3.05) is 13.1 Å². The van der Waals surface area contributed by atoms with E-state index in [4.69, 9.17) is 12.2 Å². The van der Waals surface area contributed by atoms with Crippen LogP contribution in [0.25, 0.3) is 10.7 Å². The summed E-state index contributed by atoms with van der Waals surface area (Å²) < 4.78 is 2.26. The van der Waals surface area contributed by atoms with Gasteiger partial charge in [0.1, 0.15) is 6.04 Å². The molecule has 4 heterocycles. The van der Waals surface area contributed by atoms with Gasteiger partial charge in [0.2, 0.25) is 5.91 Å². The van der Waals surface area contributed by atoms with Gasteiger partial charge in [0, 0.05) is 31.9 Å². The molecule has 0 aliphatic carbocycles. The average molecular weight is 429 g/mol. The minimum atomic E-state index is -0.426. The van der Waals surface area contributed by atoms with Gasteiger partial charge in [-0.25, -0.2) is 0 Å². The number of nitrogens with zero attached hydrogens (tertiary/aromatic N) is 4. The number of carbonyl (C=O) groups is 1. The highest BCUT2D eigenvalue weighted by Crippen LogP contribution is 2.25. The molecule has 1 aliphatic heterocycles. The summed E-state index contributed by atoms with van der Waals surface area (Å²) in [6.07, 6.45) is 3.69. The number of hydrogen-bond donors (Lipinski definition) is 2. The molecular formula is C20H24N6OS2. The van der Waals surface area contributed by atoms with Gasteiger partial charge in [0.25, 0.3) is 0 Å². The Kier molecular flexibility index (Phi) is 6.17. The number of thiophene rings is 1. The monoisotopic (exact) mass is 428 g/mol. The van der Waals surface area contributed by atoms with Crippen LogP contribution in [-0.4, -0.2) is 49.7 Å². The molecule has 1 saturated heterocycles. The van der Waals surface area contributed by atoms with Crippen LogP contribution < -0.4 is 5.32 Å². The molecule has 3 aromatic heterocycles. The number of hydrogen-bond acceptors (Lipinski definition) is 6. The van der Waals surface area contributed by atoms with E-state index in [0.29, 0.717) is 10.6 Å². The van der Waals surface area contributed by atoms with E-state index < -0.39 is 6.04 Å². The summed E-state index contributed by atoms with van der Waals surface area (Å²) in [4.78, 5) is 20.7. The zero-order chi connectivity index (χ0) is 20.2. The van der Waals surface area contributed by atoms with Gasteiger partial charge in [0.15, 0.2) is 10.6 Å². The van der Waals surface area contributed by atoms with E-state index in [1.807, 2.05) is 42.8 Å². The molecule has 1 amide bonds. The molecule has 9 heteroatoms. The second kappa shape index (κ2) is 8.98. The van der Waals surface area contributed by atoms with Crippen molar-refractivity contribution >= 4 is 29.5 Å². The number of likely N-dealkylation sites (tertiary alicyclic amines) is 1. The van der Waals surface area contributed by atoms with Crippen molar-refractivity contribution in [2.24, 2.45) is 0 Å². The molecule has 2 N–H and O–H groups in total. The smallest absolute Gasteiger partial charge is 0.243 e. The lowest BCUT2D eigenvalue weighted by Crippen LogP contribution is -2.46. The van der Waals surface area contributed by atoms with Crippen LogP contribution in [0.1, 0.15) is 31.5 Å². The van der Waals surface area contributed by atoms with Gasteiger partial charge in [-0.3, -0.25) is 24.3 Å². The number of rotatable bonds is 6. The molecule has 1 unspecified atom stereocenters. The maximum Gasteiger partial charge on any atom is 0.243 e. The fraction of sp³-hybridized carbons (Fsp3) is 0.400. The van der Waals surface area contributed by atoms with E-state index in [0.717, 1.165) is 43.0 Å². The minimum Gasteiger partial charge on any atom is -0.351 e. The molecule has 7 nitrogen and oxygen atoms in total. The number of nitrogens with one attached hydrogen (secondary N) is 2. The van der Waals surface area contributed by atoms with Crippen molar-refractivity contribution in [1.29, 1.82) is 0 Å². The van der Waals surface area contributed by atoms with Gasteiger partial charge in [-0.2, -0.15) is 5.10 Å². The normalized spacial score (nSPS) is 16.6. The first-order valence-electron chi connectivity index (χ1n) is 9.75. The fourth-order valence-corrected chi connectivity index (χ4v) is 4.64. The molecular weight excluding hydrogens is 404 g/mol. The van der Waals surface area contributed by atoms with Crippen molar-refractivity contribution < 1.29 is 4.79 Å². The van der Waals surface area contributed by atoms with Gasteiger partial charge in [-0.05, 0) is 55.6 Å². The topological polar surface area (TPSA) is 78.8 Å². The molecule has 29 heavy (non-hydrogen) atoms. The second-order valence-electron chi connectivity index (χ2n) is 7.26. The van der Waals surface area contributed by atoms with Crippen LogP contribution in [0.2, 0.25) is 0 Å². The van der Waals surface area contributed by atoms with Crippen LogP contribution in [0.15, 0.2) is 41.9 Å². The summed E-state index contributed by atoms with van der Waals surface area (Å²) in [6, 6.07) is 9.69. The van der Waals surface area contributed by atoms with Crippen molar-refractivity contribution in [3.8, 4) is 10.7 Å². The Morgan fingerprint density at radius 1 is 1.34 bits per heavy atom. The highest BCUT2D eigenvalue weighted by atomic mass is 32.1. The maximum atomic E-state index is 12.9. The molecule has 1 atom stereocenters. The number of aromatic nitrogens is 4. The van der Waals surface area contributed by atoms with Crippen molar-refractivity contribution in [3.63, 3.8) is 0 Å². The Balaban J connectivity index is 1.35. The molecule has 0 saturated carbocycles. The van der Waals surface area contributed by atoms with E-state index in [-0.39, 0.29) is 11.9 Å². The zero-order valence-electron chi connectivity index (χ0n) is 16.2. The lowest BCUT2D eigenvalue weighted by atomic mass is 10.0. The Morgan fingerprint density at radius 3 is 2.86 bits per heavy atom. The number of H-pyrrole nitrogens is 1. The third-order valence-corrected chi connectivity index (χ3v) is 6.41. The summed E-state index contributed by atoms with van der Waals surface area (Å²) in [5.74, 6) is 0.682. The van der Waals surface area contributed by atoms with E-state index in [2.05, 4.69) is 31.5 Å². The molecule has 0 aromatic carbocycles. The third kappa shape index (κ3) is 4.63. The molecule has 1 aliphatic rings. The molecule has 152 valence electrons. The number of carbonyl (C=O) groups excluding carboxylic acids is 1. The first-order chi connectivity index (χ1) is 14.1. The fourth-order valence-electron chi connectivity index (χ4n) is 3.64. The maximum absolute atomic E-state index is 12.9. The first kappa shape index (κ1) is 19.9. The molecule has 3 aromatic rings. The lowest BCUT2D eigenvalue weighted by molar-refractivity contribution is -0.124.